The molecule has 3 N–H and O–H groups in total. The number of halogens is 6. The van der Waals surface area contributed by atoms with Gasteiger partial charge in [-0.25, -0.2) is 22.9 Å². The van der Waals surface area contributed by atoms with Crippen LogP contribution in [0.4, 0.5) is 37.8 Å². The Morgan fingerprint density at radius 2 is 1.84 bits per heavy atom. The van der Waals surface area contributed by atoms with Crippen LogP contribution in [-0.2, 0) is 21.4 Å². The second-order valence-electron chi connectivity index (χ2n) is 12.6. The summed E-state index contributed by atoms with van der Waals surface area (Å²) in [5, 5.41) is 21.0. The SMILES string of the molecule is O=C(C[C@@H]1CC2(CCN(c3cc4c(cn3)NCCO4)CC2)c2cc(F)ccc21)N[C@H](Cc1ccc(F)c(F)c1)c1nnco1.O=C(O)C(F)(F)F. The van der Waals surface area contributed by atoms with Crippen molar-refractivity contribution in [3.05, 3.63) is 95.1 Å². The van der Waals surface area contributed by atoms with E-state index in [0.717, 1.165) is 79.4 Å². The number of aliphatic carboxylic acids is 1. The van der Waals surface area contributed by atoms with Crippen molar-refractivity contribution >= 4 is 23.4 Å². The van der Waals surface area contributed by atoms with Crippen LogP contribution in [0.5, 0.6) is 5.75 Å². The van der Waals surface area contributed by atoms with E-state index in [0.29, 0.717) is 18.6 Å². The second-order valence-corrected chi connectivity index (χ2v) is 12.6. The molecule has 0 radical (unpaired) electrons. The molecule has 1 amide bonds. The molecule has 2 aliphatic heterocycles. The number of hydrogen-bond donors (Lipinski definition) is 3. The number of amides is 1. The summed E-state index contributed by atoms with van der Waals surface area (Å²) in [5.74, 6) is -3.54. The van der Waals surface area contributed by atoms with Gasteiger partial charge in [-0.15, -0.1) is 10.2 Å². The highest BCUT2D eigenvalue weighted by Crippen LogP contribution is 2.53. The van der Waals surface area contributed by atoms with E-state index in [4.69, 9.17) is 19.1 Å². The Morgan fingerprint density at radius 3 is 2.53 bits per heavy atom. The van der Waals surface area contributed by atoms with Crippen LogP contribution in [0.2, 0.25) is 0 Å². The highest BCUT2D eigenvalue weighted by molar-refractivity contribution is 5.78. The minimum Gasteiger partial charge on any atom is -0.489 e. The van der Waals surface area contributed by atoms with E-state index in [2.05, 4.69) is 30.7 Å². The van der Waals surface area contributed by atoms with Crippen LogP contribution < -0.4 is 20.3 Å². The molecule has 1 fully saturated rings. The molecule has 2 atom stereocenters. The van der Waals surface area contributed by atoms with Gasteiger partial charge in [0.2, 0.25) is 18.2 Å². The summed E-state index contributed by atoms with van der Waals surface area (Å²) in [6.45, 7) is 2.84. The van der Waals surface area contributed by atoms with Crippen LogP contribution >= 0.6 is 0 Å². The number of benzene rings is 2. The maximum Gasteiger partial charge on any atom is 0.490 e. The van der Waals surface area contributed by atoms with Crippen LogP contribution in [0, 0.1) is 17.5 Å². The van der Waals surface area contributed by atoms with Gasteiger partial charge in [-0.05, 0) is 71.6 Å². The number of ether oxygens (including phenoxy) is 1. The van der Waals surface area contributed by atoms with E-state index in [1.165, 1.54) is 12.1 Å². The quantitative estimate of drug-likeness (QED) is 0.200. The predicted octanol–water partition coefficient (Wildman–Crippen LogP) is 5.84. The number of fused-ring (bicyclic) bond motifs is 3. The number of rotatable bonds is 7. The third kappa shape index (κ3) is 8.02. The predicted molar refractivity (Wildman–Crippen MR) is 169 cm³/mol. The largest absolute Gasteiger partial charge is 0.490 e. The molecule has 0 unspecified atom stereocenters. The van der Waals surface area contributed by atoms with Gasteiger partial charge in [-0.3, -0.25) is 4.79 Å². The van der Waals surface area contributed by atoms with E-state index >= 15 is 0 Å². The number of alkyl halides is 3. The van der Waals surface area contributed by atoms with Crippen LogP contribution in [0.15, 0.2) is 59.5 Å². The maximum absolute atomic E-state index is 14.6. The lowest BCUT2D eigenvalue weighted by Crippen LogP contribution is -2.42. The Hall–Kier alpha value is -5.35. The van der Waals surface area contributed by atoms with Crippen molar-refractivity contribution in [2.24, 2.45) is 0 Å². The zero-order chi connectivity index (χ0) is 36.3. The van der Waals surface area contributed by atoms with Crippen molar-refractivity contribution in [1.82, 2.24) is 20.5 Å². The molecule has 1 saturated heterocycles. The summed E-state index contributed by atoms with van der Waals surface area (Å²) >= 11 is 0. The Balaban J connectivity index is 0.000000582. The van der Waals surface area contributed by atoms with Crippen molar-refractivity contribution in [2.75, 3.05) is 36.5 Å². The summed E-state index contributed by atoms with van der Waals surface area (Å²) < 4.78 is 84.9. The minimum absolute atomic E-state index is 0.120. The molecule has 3 aliphatic rings. The average Bonchev–Trinajstić information content (AvgIpc) is 3.73. The van der Waals surface area contributed by atoms with Gasteiger partial charge in [0.15, 0.2) is 11.6 Å². The zero-order valence-electron chi connectivity index (χ0n) is 26.9. The number of aromatic nitrogens is 3. The summed E-state index contributed by atoms with van der Waals surface area (Å²) in [5.41, 5.74) is 3.05. The number of nitrogens with zero attached hydrogens (tertiary/aromatic N) is 4. The topological polar surface area (TPSA) is 143 Å². The van der Waals surface area contributed by atoms with E-state index < -0.39 is 29.8 Å². The fraction of sp³-hybridized carbons (Fsp3) is 0.382. The number of carboxylic acid groups (broad SMARTS) is 1. The summed E-state index contributed by atoms with van der Waals surface area (Å²) in [4.78, 5) is 29.2. The Labute approximate surface area is 287 Å². The number of carbonyl (C=O) groups is 2. The van der Waals surface area contributed by atoms with Crippen molar-refractivity contribution in [1.29, 1.82) is 0 Å². The Bertz CT molecular complexity index is 1880. The second kappa shape index (κ2) is 14.5. The summed E-state index contributed by atoms with van der Waals surface area (Å²) in [6, 6.07) is 9.71. The number of carbonyl (C=O) groups excluding carboxylic acids is 1. The molecule has 4 aromatic rings. The number of pyridine rings is 1. The van der Waals surface area contributed by atoms with E-state index in [9.17, 15) is 31.1 Å². The lowest BCUT2D eigenvalue weighted by atomic mass is 9.73. The normalized spacial score (nSPS) is 18.0. The first-order valence-electron chi connectivity index (χ1n) is 16.0. The number of piperidine rings is 1. The Morgan fingerprint density at radius 1 is 1.08 bits per heavy atom. The van der Waals surface area contributed by atoms with Crippen molar-refractivity contribution in [2.45, 2.75) is 55.7 Å². The van der Waals surface area contributed by atoms with Gasteiger partial charge in [0.05, 0.1) is 11.9 Å². The zero-order valence-corrected chi connectivity index (χ0v) is 26.9. The third-order valence-electron chi connectivity index (χ3n) is 9.34. The van der Waals surface area contributed by atoms with Crippen LogP contribution in [0.3, 0.4) is 0 Å². The molecule has 4 heterocycles. The average molecular weight is 719 g/mol. The number of hydrogen-bond acceptors (Lipinski definition) is 9. The van der Waals surface area contributed by atoms with Crippen molar-refractivity contribution in [3.8, 4) is 5.75 Å². The van der Waals surface area contributed by atoms with E-state index in [1.807, 2.05) is 6.07 Å². The number of carboxylic acids is 1. The molecule has 1 aliphatic carbocycles. The molecular weight excluding hydrogens is 686 g/mol. The van der Waals surface area contributed by atoms with E-state index in [1.54, 1.807) is 18.3 Å². The highest BCUT2D eigenvalue weighted by Gasteiger charge is 2.46. The lowest BCUT2D eigenvalue weighted by molar-refractivity contribution is -0.192. The molecule has 7 rings (SSSR count). The molecule has 11 nitrogen and oxygen atoms in total. The Kier molecular flexibility index (Phi) is 10.1. The molecule has 2 aromatic heterocycles. The van der Waals surface area contributed by atoms with Gasteiger partial charge in [0.1, 0.15) is 30.0 Å². The smallest absolute Gasteiger partial charge is 0.489 e. The molecule has 2 aromatic carbocycles. The first-order valence-corrected chi connectivity index (χ1v) is 16.0. The fourth-order valence-electron chi connectivity index (χ4n) is 6.97. The van der Waals surface area contributed by atoms with Gasteiger partial charge in [0, 0.05) is 38.5 Å². The van der Waals surface area contributed by atoms with Gasteiger partial charge < -0.3 is 29.8 Å². The molecule has 270 valence electrons. The monoisotopic (exact) mass is 718 g/mol. The molecule has 17 heteroatoms. The maximum atomic E-state index is 14.6. The molecule has 1 spiro atoms. The number of nitrogens with one attached hydrogen (secondary N) is 2. The third-order valence-corrected chi connectivity index (χ3v) is 9.34. The minimum atomic E-state index is -5.08. The molecule has 0 saturated carbocycles. The van der Waals surface area contributed by atoms with Crippen LogP contribution in [0.25, 0.3) is 0 Å². The van der Waals surface area contributed by atoms with Gasteiger partial charge in [0.25, 0.3) is 0 Å². The van der Waals surface area contributed by atoms with Gasteiger partial charge in [-0.1, -0.05) is 12.1 Å². The van der Waals surface area contributed by atoms with Crippen LogP contribution in [0.1, 0.15) is 60.2 Å². The van der Waals surface area contributed by atoms with E-state index in [-0.39, 0.29) is 41.8 Å². The molecule has 51 heavy (non-hydrogen) atoms. The lowest BCUT2D eigenvalue weighted by Gasteiger charge is -2.41. The van der Waals surface area contributed by atoms with Crippen molar-refractivity contribution in [3.63, 3.8) is 0 Å². The highest BCUT2D eigenvalue weighted by atomic mass is 19.4. The van der Waals surface area contributed by atoms with Gasteiger partial charge >= 0.3 is 12.1 Å². The first kappa shape index (κ1) is 35.5. The molecular formula is C34H32F6N6O5. The summed E-state index contributed by atoms with van der Waals surface area (Å²) in [6.07, 6.45) is 0.476. The fourth-order valence-corrected chi connectivity index (χ4v) is 6.97. The van der Waals surface area contributed by atoms with Crippen molar-refractivity contribution < 1.29 is 50.2 Å². The van der Waals surface area contributed by atoms with Gasteiger partial charge in [-0.2, -0.15) is 13.2 Å². The molecule has 0 bridgehead atoms. The summed E-state index contributed by atoms with van der Waals surface area (Å²) in [7, 11) is 0. The van der Waals surface area contributed by atoms with Crippen LogP contribution in [-0.4, -0.2) is 64.6 Å². The standard InChI is InChI=1S/C32H31F3N6O3.C2HF3O2/c33-21-2-3-22-20(13-30(42)39-26(31-40-38-18-44-31)12-19-1-4-24(34)25(35)11-19)16-32(23(22)14-21)5-8-41(9-6-32)29-15-28-27(17-37-29)36-7-10-43-28;3-2(4,5)1(6)7/h1-4,11,14-15,17-18,20,26,36H,5-10,12-13,16H2,(H,39,42);(H,6,7)/t20-,26-;/m1./s1. The number of anilines is 2. The first-order chi connectivity index (χ1) is 24.3.